The van der Waals surface area contributed by atoms with Crippen LogP contribution in [0.1, 0.15) is 329 Å². The molecule has 0 rings (SSSR count). The van der Waals surface area contributed by atoms with Crippen molar-refractivity contribution in [1.29, 1.82) is 0 Å². The van der Waals surface area contributed by atoms with Crippen molar-refractivity contribution in [3.05, 3.63) is 60.8 Å². The minimum atomic E-state index is -0.783. The van der Waals surface area contributed by atoms with Crippen LogP contribution in [0.2, 0.25) is 0 Å². The summed E-state index contributed by atoms with van der Waals surface area (Å²) in [6.07, 6.45) is 78.1. The van der Waals surface area contributed by atoms with Crippen LogP contribution in [0.4, 0.5) is 0 Å². The fourth-order valence-corrected chi connectivity index (χ4v) is 9.13. The Bertz CT molecular complexity index is 1310. The third-order valence-electron chi connectivity index (χ3n) is 14.0. The van der Waals surface area contributed by atoms with Gasteiger partial charge in [0.25, 0.3) is 0 Å². The highest BCUT2D eigenvalue weighted by Gasteiger charge is 2.19. The molecule has 6 nitrogen and oxygen atoms in total. The Morgan fingerprint density at radius 1 is 0.274 bits per heavy atom. The van der Waals surface area contributed by atoms with Crippen LogP contribution in [-0.4, -0.2) is 37.2 Å². The molecule has 0 aromatic rings. The first kappa shape index (κ1) is 70.1. The van der Waals surface area contributed by atoms with Crippen molar-refractivity contribution in [1.82, 2.24) is 0 Å². The average molecular weight is 1020 g/mol. The number of hydrogen-bond donors (Lipinski definition) is 0. The molecule has 0 bridgehead atoms. The molecule has 1 unspecified atom stereocenters. The lowest BCUT2D eigenvalue weighted by Crippen LogP contribution is -2.30. The second-order valence-electron chi connectivity index (χ2n) is 21.3. The average Bonchev–Trinajstić information content (AvgIpc) is 3.39. The van der Waals surface area contributed by atoms with E-state index in [4.69, 9.17) is 14.2 Å². The van der Waals surface area contributed by atoms with Gasteiger partial charge in [-0.15, -0.1) is 0 Å². The fourth-order valence-electron chi connectivity index (χ4n) is 9.13. The Kier molecular flexibility index (Phi) is 59.2. The van der Waals surface area contributed by atoms with Crippen molar-refractivity contribution in [3.8, 4) is 0 Å². The van der Waals surface area contributed by atoms with Crippen molar-refractivity contribution < 1.29 is 28.6 Å². The lowest BCUT2D eigenvalue weighted by Gasteiger charge is -2.18. The van der Waals surface area contributed by atoms with E-state index in [2.05, 4.69) is 81.5 Å². The van der Waals surface area contributed by atoms with E-state index in [1.165, 1.54) is 193 Å². The second-order valence-corrected chi connectivity index (χ2v) is 21.3. The van der Waals surface area contributed by atoms with E-state index in [9.17, 15) is 14.4 Å². The number of carbonyl (C=O) groups is 3. The van der Waals surface area contributed by atoms with Crippen LogP contribution in [0.15, 0.2) is 60.8 Å². The van der Waals surface area contributed by atoms with Crippen LogP contribution in [0, 0.1) is 0 Å². The molecule has 0 aromatic carbocycles. The van der Waals surface area contributed by atoms with Crippen LogP contribution in [0.5, 0.6) is 0 Å². The molecule has 0 aliphatic rings. The number of rotatable bonds is 58. The van der Waals surface area contributed by atoms with Crippen molar-refractivity contribution in [3.63, 3.8) is 0 Å². The van der Waals surface area contributed by atoms with Gasteiger partial charge in [-0.1, -0.05) is 268 Å². The van der Waals surface area contributed by atoms with Gasteiger partial charge in [0.2, 0.25) is 0 Å². The van der Waals surface area contributed by atoms with Gasteiger partial charge in [0.15, 0.2) is 6.10 Å². The highest BCUT2D eigenvalue weighted by molar-refractivity contribution is 5.71. The van der Waals surface area contributed by atoms with Crippen LogP contribution in [0.25, 0.3) is 0 Å². The van der Waals surface area contributed by atoms with Gasteiger partial charge in [0.1, 0.15) is 13.2 Å². The molecular formula is C67H120O6. The molecule has 0 radical (unpaired) electrons. The molecule has 0 fully saturated rings. The predicted molar refractivity (Wildman–Crippen MR) is 316 cm³/mol. The molecule has 0 heterocycles. The van der Waals surface area contributed by atoms with E-state index in [0.29, 0.717) is 19.3 Å². The second kappa shape index (κ2) is 61.7. The third kappa shape index (κ3) is 59.9. The van der Waals surface area contributed by atoms with Crippen LogP contribution in [0.3, 0.4) is 0 Å². The van der Waals surface area contributed by atoms with Crippen LogP contribution in [-0.2, 0) is 28.6 Å². The lowest BCUT2D eigenvalue weighted by atomic mass is 10.0. The lowest BCUT2D eigenvalue weighted by molar-refractivity contribution is -0.167. The van der Waals surface area contributed by atoms with Gasteiger partial charge in [-0.05, 0) is 103 Å². The van der Waals surface area contributed by atoms with Gasteiger partial charge >= 0.3 is 17.9 Å². The minimum Gasteiger partial charge on any atom is -0.462 e. The molecule has 0 N–H and O–H groups in total. The van der Waals surface area contributed by atoms with E-state index in [1.807, 2.05) is 0 Å². The van der Waals surface area contributed by atoms with E-state index in [0.717, 1.165) is 96.3 Å². The Hall–Kier alpha value is -2.89. The summed E-state index contributed by atoms with van der Waals surface area (Å²) in [5.74, 6) is -0.890. The van der Waals surface area contributed by atoms with Gasteiger partial charge in [0, 0.05) is 19.3 Å². The largest absolute Gasteiger partial charge is 0.462 e. The molecule has 424 valence electrons. The summed E-state index contributed by atoms with van der Waals surface area (Å²) < 4.78 is 16.9. The molecule has 0 aliphatic carbocycles. The van der Waals surface area contributed by atoms with E-state index < -0.39 is 6.10 Å². The van der Waals surface area contributed by atoms with Crippen LogP contribution >= 0.6 is 0 Å². The Balaban J connectivity index is 4.16. The van der Waals surface area contributed by atoms with Crippen molar-refractivity contribution in [2.75, 3.05) is 13.2 Å². The first-order chi connectivity index (χ1) is 36.0. The van der Waals surface area contributed by atoms with E-state index >= 15 is 0 Å². The zero-order chi connectivity index (χ0) is 52.9. The monoisotopic (exact) mass is 1020 g/mol. The summed E-state index contributed by atoms with van der Waals surface area (Å²) in [5.41, 5.74) is 0. The number of allylic oxidation sites excluding steroid dienone is 10. The quantitative estimate of drug-likeness (QED) is 0.0261. The maximum absolute atomic E-state index is 12.8. The molecular weight excluding hydrogens is 901 g/mol. The van der Waals surface area contributed by atoms with Crippen LogP contribution < -0.4 is 0 Å². The number of unbranched alkanes of at least 4 members (excludes halogenated alkanes) is 37. The maximum Gasteiger partial charge on any atom is 0.306 e. The molecule has 0 amide bonds. The highest BCUT2D eigenvalue weighted by Crippen LogP contribution is 2.17. The normalized spacial score (nSPS) is 12.4. The van der Waals surface area contributed by atoms with Crippen molar-refractivity contribution in [2.24, 2.45) is 0 Å². The number of esters is 3. The summed E-state index contributed by atoms with van der Waals surface area (Å²) in [4.78, 5) is 38.2. The molecule has 73 heavy (non-hydrogen) atoms. The highest BCUT2D eigenvalue weighted by atomic mass is 16.6. The van der Waals surface area contributed by atoms with Crippen molar-refractivity contribution >= 4 is 17.9 Å². The summed E-state index contributed by atoms with van der Waals surface area (Å²) in [5, 5.41) is 0. The van der Waals surface area contributed by atoms with E-state index in [-0.39, 0.29) is 31.1 Å². The summed E-state index contributed by atoms with van der Waals surface area (Å²) in [7, 11) is 0. The Labute approximate surface area is 453 Å². The summed E-state index contributed by atoms with van der Waals surface area (Å²) >= 11 is 0. The van der Waals surface area contributed by atoms with Gasteiger partial charge in [-0.2, -0.15) is 0 Å². The first-order valence-electron chi connectivity index (χ1n) is 31.8. The maximum atomic E-state index is 12.8. The zero-order valence-electron chi connectivity index (χ0n) is 48.7. The van der Waals surface area contributed by atoms with Crippen molar-refractivity contribution in [2.45, 2.75) is 335 Å². The molecule has 0 aliphatic heterocycles. The van der Waals surface area contributed by atoms with E-state index in [1.54, 1.807) is 0 Å². The van der Waals surface area contributed by atoms with Gasteiger partial charge in [-0.3, -0.25) is 14.4 Å². The smallest absolute Gasteiger partial charge is 0.306 e. The number of ether oxygens (including phenoxy) is 3. The fraction of sp³-hybridized carbons (Fsp3) is 0.806. The topological polar surface area (TPSA) is 78.9 Å². The Morgan fingerprint density at radius 3 is 0.836 bits per heavy atom. The first-order valence-corrected chi connectivity index (χ1v) is 31.8. The molecule has 0 aromatic heterocycles. The van der Waals surface area contributed by atoms with Gasteiger partial charge < -0.3 is 14.2 Å². The molecule has 6 heteroatoms. The van der Waals surface area contributed by atoms with Gasteiger partial charge in [0.05, 0.1) is 0 Å². The molecule has 0 saturated carbocycles. The molecule has 0 saturated heterocycles. The number of carbonyl (C=O) groups excluding carboxylic acids is 3. The summed E-state index contributed by atoms with van der Waals surface area (Å²) in [6, 6.07) is 0. The summed E-state index contributed by atoms with van der Waals surface area (Å²) in [6.45, 7) is 6.58. The molecule has 0 spiro atoms. The standard InChI is InChI=1S/C67H120O6/c1-4-7-10-13-16-19-22-25-27-28-29-30-31-32-33-34-35-36-37-38-39-40-41-43-45-48-51-54-57-60-66(69)72-63-64(62-71-65(68)59-56-53-50-47-44-24-21-18-15-12-9-6-3)73-67(70)61-58-55-52-49-46-42-26-23-20-17-14-11-8-5-2/h14,17-18,21-23,25-26,28-29,64H,4-13,15-16,19-20,24,27,30-63H2,1-3H3/b17-14-,21-18-,25-22-,26-23-,29-28-. The SMILES string of the molecule is CCCC/C=C\C/C=C\CCCCCCCC(=O)OC(COC(=O)CCCCCCC/C=C\CCCCC)COC(=O)CCCCCCCCCCCCCCCCCCC/C=C\C/C=C\CCCCCCC. The predicted octanol–water partition coefficient (Wildman–Crippen LogP) is 21.6. The number of hydrogen-bond acceptors (Lipinski definition) is 6. The Morgan fingerprint density at radius 2 is 0.507 bits per heavy atom. The zero-order valence-corrected chi connectivity index (χ0v) is 48.7. The van der Waals surface area contributed by atoms with Gasteiger partial charge in [-0.25, -0.2) is 0 Å². The minimum absolute atomic E-state index is 0.0801. The third-order valence-corrected chi connectivity index (χ3v) is 14.0. The molecule has 1 atom stereocenters.